The van der Waals surface area contributed by atoms with E-state index in [0.29, 0.717) is 28.1 Å². The quantitative estimate of drug-likeness (QED) is 0.778. The van der Waals surface area contributed by atoms with Gasteiger partial charge in [0.1, 0.15) is 22.9 Å². The third kappa shape index (κ3) is 2.92. The van der Waals surface area contributed by atoms with E-state index >= 15 is 0 Å². The molecule has 0 atom stereocenters. The Kier molecular flexibility index (Phi) is 4.03. The summed E-state index contributed by atoms with van der Waals surface area (Å²) in [5.41, 5.74) is 0.614. The highest BCUT2D eigenvalue weighted by Crippen LogP contribution is 2.25. The molecule has 3 aromatic rings. The fraction of sp³-hybridized carbons (Fsp3) is 0.214. The zero-order valence-corrected chi connectivity index (χ0v) is 12.8. The van der Waals surface area contributed by atoms with Gasteiger partial charge in [-0.3, -0.25) is 10.1 Å². The minimum atomic E-state index is -0.379. The van der Waals surface area contributed by atoms with Crippen LogP contribution >= 0.6 is 11.3 Å². The molecule has 0 radical (unpaired) electrons. The van der Waals surface area contributed by atoms with Crippen molar-refractivity contribution >= 4 is 33.3 Å². The van der Waals surface area contributed by atoms with Gasteiger partial charge in [-0.25, -0.2) is 0 Å². The van der Waals surface area contributed by atoms with Gasteiger partial charge < -0.3 is 13.9 Å². The number of hydrogen-bond donors (Lipinski definition) is 1. The Balaban J connectivity index is 1.79. The first-order chi connectivity index (χ1) is 10.7. The predicted molar refractivity (Wildman–Crippen MR) is 81.3 cm³/mol. The summed E-state index contributed by atoms with van der Waals surface area (Å²) < 4.78 is 15.6. The Bertz CT molecular complexity index is 811. The molecule has 2 aromatic heterocycles. The van der Waals surface area contributed by atoms with E-state index in [9.17, 15) is 4.79 Å². The van der Waals surface area contributed by atoms with Crippen LogP contribution in [0.2, 0.25) is 0 Å². The van der Waals surface area contributed by atoms with Crippen LogP contribution in [-0.4, -0.2) is 30.3 Å². The second kappa shape index (κ2) is 6.12. The molecule has 8 heteroatoms. The summed E-state index contributed by atoms with van der Waals surface area (Å²) in [4.78, 5) is 12.2. The van der Waals surface area contributed by atoms with E-state index in [1.165, 1.54) is 11.3 Å². The smallest absolute Gasteiger partial charge is 0.293 e. The van der Waals surface area contributed by atoms with Gasteiger partial charge in [-0.2, -0.15) is 0 Å². The SMILES string of the molecule is COCc1nnc(NC(=O)c2cc3cc(OC)ccc3o2)s1. The first-order valence-corrected chi connectivity index (χ1v) is 7.21. The highest BCUT2D eigenvalue weighted by molar-refractivity contribution is 7.15. The van der Waals surface area contributed by atoms with E-state index in [2.05, 4.69) is 15.5 Å². The van der Waals surface area contributed by atoms with Crippen LogP contribution in [0.15, 0.2) is 28.7 Å². The second-order valence-corrected chi connectivity index (χ2v) is 5.46. The first-order valence-electron chi connectivity index (χ1n) is 6.40. The lowest BCUT2D eigenvalue weighted by molar-refractivity contribution is 0.0998. The number of ether oxygens (including phenoxy) is 2. The van der Waals surface area contributed by atoms with Gasteiger partial charge in [0.15, 0.2) is 5.76 Å². The van der Waals surface area contributed by atoms with Gasteiger partial charge in [-0.15, -0.1) is 10.2 Å². The maximum atomic E-state index is 12.2. The third-order valence-electron chi connectivity index (χ3n) is 2.90. The molecule has 0 fully saturated rings. The minimum absolute atomic E-state index is 0.201. The molecule has 2 heterocycles. The monoisotopic (exact) mass is 319 g/mol. The zero-order chi connectivity index (χ0) is 15.5. The van der Waals surface area contributed by atoms with Crippen LogP contribution in [0, 0.1) is 0 Å². The molecule has 1 N–H and O–H groups in total. The van der Waals surface area contributed by atoms with E-state index in [1.807, 2.05) is 0 Å². The molecule has 0 unspecified atom stereocenters. The lowest BCUT2D eigenvalue weighted by Crippen LogP contribution is -2.10. The number of carbonyl (C=O) groups excluding carboxylic acids is 1. The van der Waals surface area contributed by atoms with Crippen molar-refractivity contribution in [3.05, 3.63) is 35.0 Å². The number of nitrogens with zero attached hydrogens (tertiary/aromatic N) is 2. The average Bonchev–Trinajstić information content (AvgIpc) is 3.13. The molecule has 0 saturated carbocycles. The number of furan rings is 1. The molecule has 0 saturated heterocycles. The summed E-state index contributed by atoms with van der Waals surface area (Å²) in [6.45, 7) is 0.359. The summed E-state index contributed by atoms with van der Waals surface area (Å²) in [6.07, 6.45) is 0. The van der Waals surface area contributed by atoms with Gasteiger partial charge in [-0.1, -0.05) is 11.3 Å². The molecule has 1 amide bonds. The molecule has 114 valence electrons. The van der Waals surface area contributed by atoms with Gasteiger partial charge in [0.05, 0.1) is 7.11 Å². The van der Waals surface area contributed by atoms with Crippen molar-refractivity contribution in [1.29, 1.82) is 0 Å². The van der Waals surface area contributed by atoms with Crippen LogP contribution in [0.4, 0.5) is 5.13 Å². The third-order valence-corrected chi connectivity index (χ3v) is 3.71. The highest BCUT2D eigenvalue weighted by atomic mass is 32.1. The standard InChI is InChI=1S/C14H13N3O4S/c1-19-7-12-16-17-14(22-12)15-13(18)11-6-8-5-9(20-2)3-4-10(8)21-11/h3-6H,7H2,1-2H3,(H,15,17,18). The van der Waals surface area contributed by atoms with Crippen molar-refractivity contribution in [3.8, 4) is 5.75 Å². The van der Waals surface area contributed by atoms with Gasteiger partial charge in [-0.05, 0) is 24.3 Å². The van der Waals surface area contributed by atoms with Crippen LogP contribution in [0.1, 0.15) is 15.6 Å². The number of anilines is 1. The molecule has 22 heavy (non-hydrogen) atoms. The van der Waals surface area contributed by atoms with Gasteiger partial charge in [0.25, 0.3) is 5.91 Å². The van der Waals surface area contributed by atoms with Crippen LogP contribution in [-0.2, 0) is 11.3 Å². The van der Waals surface area contributed by atoms with E-state index in [0.717, 1.165) is 5.39 Å². The van der Waals surface area contributed by atoms with Crippen LogP contribution in [0.5, 0.6) is 5.75 Å². The van der Waals surface area contributed by atoms with Gasteiger partial charge in [0, 0.05) is 12.5 Å². The Morgan fingerprint density at radius 1 is 1.32 bits per heavy atom. The summed E-state index contributed by atoms with van der Waals surface area (Å²) in [7, 11) is 3.16. The summed E-state index contributed by atoms with van der Waals surface area (Å²) in [6, 6.07) is 6.99. The Hall–Kier alpha value is -2.45. The van der Waals surface area contributed by atoms with Crippen molar-refractivity contribution in [2.45, 2.75) is 6.61 Å². The number of hydrogen-bond acceptors (Lipinski definition) is 7. The Morgan fingerprint density at radius 3 is 2.95 bits per heavy atom. The van der Waals surface area contributed by atoms with Gasteiger partial charge >= 0.3 is 0 Å². The van der Waals surface area contributed by atoms with Crippen molar-refractivity contribution < 1.29 is 18.7 Å². The van der Waals surface area contributed by atoms with Crippen LogP contribution in [0.3, 0.4) is 0 Å². The van der Waals surface area contributed by atoms with Gasteiger partial charge in [0.2, 0.25) is 5.13 Å². The first kappa shape index (κ1) is 14.5. The number of fused-ring (bicyclic) bond motifs is 1. The molecular formula is C14H13N3O4S. The summed E-state index contributed by atoms with van der Waals surface area (Å²) in [5.74, 6) is 0.524. The largest absolute Gasteiger partial charge is 0.497 e. The number of methoxy groups -OCH3 is 2. The molecule has 0 aliphatic carbocycles. The molecule has 0 spiro atoms. The Morgan fingerprint density at radius 2 is 2.18 bits per heavy atom. The topological polar surface area (TPSA) is 86.5 Å². The molecule has 0 bridgehead atoms. The summed E-state index contributed by atoms with van der Waals surface area (Å²) >= 11 is 1.25. The van der Waals surface area contributed by atoms with Crippen molar-refractivity contribution in [1.82, 2.24) is 10.2 Å². The number of rotatable bonds is 5. The minimum Gasteiger partial charge on any atom is -0.497 e. The molecule has 7 nitrogen and oxygen atoms in total. The van der Waals surface area contributed by atoms with E-state index in [1.54, 1.807) is 38.5 Å². The molecule has 0 aliphatic rings. The van der Waals surface area contributed by atoms with Crippen LogP contribution in [0.25, 0.3) is 11.0 Å². The number of amides is 1. The zero-order valence-electron chi connectivity index (χ0n) is 12.0. The molecular weight excluding hydrogens is 306 g/mol. The lowest BCUT2D eigenvalue weighted by Gasteiger charge is -1.96. The normalized spacial score (nSPS) is 10.8. The highest BCUT2D eigenvalue weighted by Gasteiger charge is 2.15. The maximum Gasteiger partial charge on any atom is 0.293 e. The van der Waals surface area contributed by atoms with Crippen molar-refractivity contribution in [2.75, 3.05) is 19.5 Å². The maximum absolute atomic E-state index is 12.2. The van der Waals surface area contributed by atoms with Crippen molar-refractivity contribution in [2.24, 2.45) is 0 Å². The number of aromatic nitrogens is 2. The second-order valence-electron chi connectivity index (χ2n) is 4.40. The molecule has 1 aromatic carbocycles. The van der Waals surface area contributed by atoms with E-state index in [4.69, 9.17) is 13.9 Å². The lowest BCUT2D eigenvalue weighted by atomic mass is 10.2. The van der Waals surface area contributed by atoms with Crippen LogP contribution < -0.4 is 10.1 Å². The van der Waals surface area contributed by atoms with E-state index < -0.39 is 0 Å². The number of nitrogens with one attached hydrogen (secondary N) is 1. The fourth-order valence-corrected chi connectivity index (χ4v) is 2.61. The van der Waals surface area contributed by atoms with Crippen molar-refractivity contribution in [3.63, 3.8) is 0 Å². The number of carbonyl (C=O) groups is 1. The summed E-state index contributed by atoms with van der Waals surface area (Å²) in [5, 5.41) is 12.3. The Labute approximate surface area is 129 Å². The molecule has 0 aliphatic heterocycles. The molecule has 3 rings (SSSR count). The average molecular weight is 319 g/mol. The van der Waals surface area contributed by atoms with E-state index in [-0.39, 0.29) is 11.7 Å². The fourth-order valence-electron chi connectivity index (χ4n) is 1.90. The predicted octanol–water partition coefficient (Wildman–Crippen LogP) is 2.69. The number of benzene rings is 1.